The zero-order valence-corrected chi connectivity index (χ0v) is 8.82. The second-order valence-electron chi connectivity index (χ2n) is 3.62. The molecule has 1 N–H and O–H groups in total. The molecule has 15 heavy (non-hydrogen) atoms. The third-order valence-corrected chi connectivity index (χ3v) is 2.69. The van der Waals surface area contributed by atoms with Crippen molar-refractivity contribution in [3.63, 3.8) is 0 Å². The molecule has 0 saturated carbocycles. The van der Waals surface area contributed by atoms with Crippen LogP contribution in [0.1, 0.15) is 12.6 Å². The molecule has 2 rings (SSSR count). The summed E-state index contributed by atoms with van der Waals surface area (Å²) in [6.45, 7) is 2.01. The number of hydrogen-bond acceptors (Lipinski definition) is 2. The molecule has 3 nitrogen and oxygen atoms in total. The predicted molar refractivity (Wildman–Crippen MR) is 60.2 cm³/mol. The number of aryl methyl sites for hydroxylation is 1. The average Bonchev–Trinajstić information content (AvgIpc) is 2.24. The number of benzene rings is 1. The Kier molecular flexibility index (Phi) is 2.23. The van der Waals surface area contributed by atoms with Crippen LogP contribution in [0.25, 0.3) is 10.8 Å². The number of fused-ring (bicyclic) bond motifs is 1. The summed E-state index contributed by atoms with van der Waals surface area (Å²) in [5.41, 5.74) is 0.943. The number of rotatable bonds is 1. The lowest BCUT2D eigenvalue weighted by molar-refractivity contribution is 0.476. The molecule has 0 aliphatic rings. The fourth-order valence-electron chi connectivity index (χ4n) is 1.78. The van der Waals surface area contributed by atoms with E-state index in [1.165, 1.54) is 6.07 Å². The van der Waals surface area contributed by atoms with Crippen LogP contribution in [0.4, 0.5) is 0 Å². The van der Waals surface area contributed by atoms with Gasteiger partial charge >= 0.3 is 0 Å². The fraction of sp³-hybridized carbons (Fsp3) is 0.250. The topological polar surface area (TPSA) is 42.2 Å². The van der Waals surface area contributed by atoms with E-state index in [0.717, 1.165) is 17.5 Å². The normalized spacial score (nSPS) is 10.8. The molecule has 0 unspecified atom stereocenters. The van der Waals surface area contributed by atoms with Gasteiger partial charge in [0, 0.05) is 12.7 Å². The number of aromatic hydroxyl groups is 1. The van der Waals surface area contributed by atoms with E-state index in [-0.39, 0.29) is 11.3 Å². The lowest BCUT2D eigenvalue weighted by atomic mass is 10.1. The summed E-state index contributed by atoms with van der Waals surface area (Å²) in [7, 11) is 1.75. The van der Waals surface area contributed by atoms with Crippen LogP contribution in [-0.4, -0.2) is 9.67 Å². The summed E-state index contributed by atoms with van der Waals surface area (Å²) >= 11 is 0. The molecule has 0 spiro atoms. The largest absolute Gasteiger partial charge is 0.508 e. The molecule has 3 heteroatoms. The van der Waals surface area contributed by atoms with Gasteiger partial charge in [-0.25, -0.2) is 0 Å². The Labute approximate surface area is 87.6 Å². The standard InChI is InChI=1S/C12H13NO2/c1-3-9-6-8-4-5-10(14)7-11(8)12(15)13(9)2/h4-7,14H,3H2,1-2H3. The first-order chi connectivity index (χ1) is 7.13. The van der Waals surface area contributed by atoms with Crippen molar-refractivity contribution < 1.29 is 5.11 Å². The summed E-state index contributed by atoms with van der Waals surface area (Å²) < 4.78 is 1.63. The minimum absolute atomic E-state index is 0.0553. The third-order valence-electron chi connectivity index (χ3n) is 2.69. The maximum Gasteiger partial charge on any atom is 0.258 e. The van der Waals surface area contributed by atoms with Crippen LogP contribution in [0.3, 0.4) is 0 Å². The number of aromatic nitrogens is 1. The summed E-state index contributed by atoms with van der Waals surface area (Å²) in [5, 5.41) is 10.8. The Hall–Kier alpha value is -1.77. The molecule has 0 amide bonds. The molecule has 0 saturated heterocycles. The summed E-state index contributed by atoms with van der Waals surface area (Å²) in [6, 6.07) is 6.86. The molecule has 1 heterocycles. The van der Waals surface area contributed by atoms with Gasteiger partial charge in [-0.1, -0.05) is 13.0 Å². The van der Waals surface area contributed by atoms with Gasteiger partial charge in [0.2, 0.25) is 0 Å². The van der Waals surface area contributed by atoms with E-state index in [0.29, 0.717) is 5.39 Å². The zero-order chi connectivity index (χ0) is 11.0. The van der Waals surface area contributed by atoms with E-state index in [2.05, 4.69) is 0 Å². The zero-order valence-electron chi connectivity index (χ0n) is 8.82. The van der Waals surface area contributed by atoms with E-state index in [9.17, 15) is 9.90 Å². The van der Waals surface area contributed by atoms with Crippen molar-refractivity contribution in [2.45, 2.75) is 13.3 Å². The smallest absolute Gasteiger partial charge is 0.258 e. The molecule has 2 aromatic rings. The highest BCUT2D eigenvalue weighted by atomic mass is 16.3. The summed E-state index contributed by atoms with van der Waals surface area (Å²) in [5.74, 6) is 0.129. The molecule has 78 valence electrons. The van der Waals surface area contributed by atoms with Gasteiger partial charge < -0.3 is 9.67 Å². The van der Waals surface area contributed by atoms with Crippen molar-refractivity contribution in [1.82, 2.24) is 4.57 Å². The van der Waals surface area contributed by atoms with E-state index >= 15 is 0 Å². The van der Waals surface area contributed by atoms with Gasteiger partial charge in [0.25, 0.3) is 5.56 Å². The third kappa shape index (κ3) is 1.50. The second-order valence-corrected chi connectivity index (χ2v) is 3.62. The highest BCUT2D eigenvalue weighted by molar-refractivity contribution is 5.83. The Balaban J connectivity index is 2.91. The van der Waals surface area contributed by atoms with E-state index in [1.807, 2.05) is 13.0 Å². The molecule has 0 radical (unpaired) electrons. The van der Waals surface area contributed by atoms with E-state index in [1.54, 1.807) is 23.7 Å². The number of nitrogens with zero attached hydrogens (tertiary/aromatic N) is 1. The van der Waals surface area contributed by atoms with Crippen molar-refractivity contribution >= 4 is 10.8 Å². The molecule has 0 bridgehead atoms. The van der Waals surface area contributed by atoms with Crippen molar-refractivity contribution in [3.8, 4) is 5.75 Å². The van der Waals surface area contributed by atoms with Crippen LogP contribution < -0.4 is 5.56 Å². The van der Waals surface area contributed by atoms with Gasteiger partial charge in [0.1, 0.15) is 5.75 Å². The van der Waals surface area contributed by atoms with Gasteiger partial charge in [-0.3, -0.25) is 4.79 Å². The Morgan fingerprint density at radius 1 is 1.33 bits per heavy atom. The molecular formula is C12H13NO2. The quantitative estimate of drug-likeness (QED) is 0.768. The Bertz CT molecular complexity index is 570. The highest BCUT2D eigenvalue weighted by Gasteiger charge is 2.05. The lowest BCUT2D eigenvalue weighted by Gasteiger charge is -2.08. The number of phenolic OH excluding ortho intramolecular Hbond substituents is 1. The van der Waals surface area contributed by atoms with Gasteiger partial charge in [-0.15, -0.1) is 0 Å². The van der Waals surface area contributed by atoms with Crippen LogP contribution in [0.2, 0.25) is 0 Å². The van der Waals surface area contributed by atoms with Crippen LogP contribution in [0, 0.1) is 0 Å². The van der Waals surface area contributed by atoms with Gasteiger partial charge in [0.15, 0.2) is 0 Å². The van der Waals surface area contributed by atoms with E-state index < -0.39 is 0 Å². The van der Waals surface area contributed by atoms with Crippen molar-refractivity contribution in [2.24, 2.45) is 7.05 Å². The molecular weight excluding hydrogens is 190 g/mol. The lowest BCUT2D eigenvalue weighted by Crippen LogP contribution is -2.19. The average molecular weight is 203 g/mol. The van der Waals surface area contributed by atoms with Gasteiger partial charge in [-0.05, 0) is 30.0 Å². The second kappa shape index (κ2) is 3.42. The maximum absolute atomic E-state index is 11.9. The highest BCUT2D eigenvalue weighted by Crippen LogP contribution is 2.17. The first kappa shape index (κ1) is 9.77. The predicted octanol–water partition coefficient (Wildman–Crippen LogP) is 1.81. The first-order valence-corrected chi connectivity index (χ1v) is 4.95. The van der Waals surface area contributed by atoms with Crippen LogP contribution >= 0.6 is 0 Å². The monoisotopic (exact) mass is 203 g/mol. The molecule has 0 fully saturated rings. The maximum atomic E-state index is 11.9. The molecule has 1 aromatic carbocycles. The van der Waals surface area contributed by atoms with Crippen LogP contribution in [0.5, 0.6) is 5.75 Å². The summed E-state index contributed by atoms with van der Waals surface area (Å²) in [4.78, 5) is 11.9. The van der Waals surface area contributed by atoms with Gasteiger partial charge in [0.05, 0.1) is 5.39 Å². The van der Waals surface area contributed by atoms with Gasteiger partial charge in [-0.2, -0.15) is 0 Å². The molecule has 0 atom stereocenters. The van der Waals surface area contributed by atoms with Crippen molar-refractivity contribution in [2.75, 3.05) is 0 Å². The van der Waals surface area contributed by atoms with Crippen molar-refractivity contribution in [3.05, 3.63) is 40.3 Å². The molecule has 0 aliphatic carbocycles. The summed E-state index contributed by atoms with van der Waals surface area (Å²) in [6.07, 6.45) is 0.822. The first-order valence-electron chi connectivity index (χ1n) is 4.95. The minimum Gasteiger partial charge on any atom is -0.508 e. The Morgan fingerprint density at radius 2 is 2.07 bits per heavy atom. The SMILES string of the molecule is CCc1cc2ccc(O)cc2c(=O)n1C. The van der Waals surface area contributed by atoms with Crippen LogP contribution in [-0.2, 0) is 13.5 Å². The number of phenols is 1. The number of hydrogen-bond donors (Lipinski definition) is 1. The fourth-order valence-corrected chi connectivity index (χ4v) is 1.78. The van der Waals surface area contributed by atoms with Crippen molar-refractivity contribution in [1.29, 1.82) is 0 Å². The Morgan fingerprint density at radius 3 is 2.73 bits per heavy atom. The van der Waals surface area contributed by atoms with E-state index in [4.69, 9.17) is 0 Å². The van der Waals surface area contributed by atoms with Crippen LogP contribution in [0.15, 0.2) is 29.1 Å². The number of pyridine rings is 1. The molecule has 0 aliphatic heterocycles. The molecule has 1 aromatic heterocycles. The minimum atomic E-state index is -0.0553.